The van der Waals surface area contributed by atoms with E-state index in [9.17, 15) is 23.2 Å². The van der Waals surface area contributed by atoms with Crippen molar-refractivity contribution in [1.82, 2.24) is 0 Å². The second-order valence-electron chi connectivity index (χ2n) is 12.1. The fourth-order valence-corrected chi connectivity index (χ4v) is 7.32. The monoisotopic (exact) mass is 601 g/mol. The molecule has 1 unspecified atom stereocenters. The third-order valence-electron chi connectivity index (χ3n) is 8.21. The lowest BCUT2D eigenvalue weighted by molar-refractivity contribution is -0.137. The molecule has 5 rings (SSSR count). The Morgan fingerprint density at radius 1 is 1.02 bits per heavy atom. The summed E-state index contributed by atoms with van der Waals surface area (Å²) in [5.41, 5.74) is 11.0. The second-order valence-corrected chi connectivity index (χ2v) is 13.1. The normalized spacial score (nSPS) is 18.5. The number of nitrogens with two attached hydrogens (primary N) is 1. The highest BCUT2D eigenvalue weighted by Crippen LogP contribution is 2.52. The van der Waals surface area contributed by atoms with E-state index >= 15 is 0 Å². The largest absolute Gasteiger partial charge is 0.418 e. The molecule has 0 bridgehead atoms. The predicted molar refractivity (Wildman–Crippen MR) is 166 cm³/mol. The number of hydrogen-bond donors (Lipinski definition) is 1. The summed E-state index contributed by atoms with van der Waals surface area (Å²) >= 11 is 1.77. The van der Waals surface area contributed by atoms with Crippen LogP contribution in [0.4, 0.5) is 18.9 Å². The van der Waals surface area contributed by atoms with Gasteiger partial charge in [0.2, 0.25) is 0 Å². The van der Waals surface area contributed by atoms with Crippen LogP contribution >= 0.6 is 11.8 Å². The van der Waals surface area contributed by atoms with Crippen LogP contribution in [0.2, 0.25) is 0 Å². The Hall–Kier alpha value is -3.96. The topological polar surface area (TPSA) is 70.1 Å². The molecule has 0 fully saturated rings. The van der Waals surface area contributed by atoms with Crippen LogP contribution in [0.1, 0.15) is 66.0 Å². The number of rotatable bonds is 6. The third-order valence-corrected chi connectivity index (χ3v) is 9.26. The molecule has 0 spiro atoms. The summed E-state index contributed by atoms with van der Waals surface area (Å²) in [4.78, 5) is 15.3. The van der Waals surface area contributed by atoms with E-state index < -0.39 is 23.1 Å². The molecular weight excluding hydrogens is 567 g/mol. The van der Waals surface area contributed by atoms with Crippen LogP contribution in [0.25, 0.3) is 0 Å². The number of halogens is 3. The van der Waals surface area contributed by atoms with E-state index in [-0.39, 0.29) is 29.3 Å². The lowest BCUT2D eigenvalue weighted by atomic mass is 9.68. The number of para-hydroxylation sites is 1. The minimum Gasteiger partial charge on any atom is -0.384 e. The fraction of sp³-hybridized carbons (Fsp3) is 0.314. The Morgan fingerprint density at radius 3 is 2.37 bits per heavy atom. The van der Waals surface area contributed by atoms with Crippen molar-refractivity contribution in [2.75, 3.05) is 4.90 Å². The molecule has 8 heteroatoms. The number of allylic oxidation sites excluding steroid dienone is 3. The number of nitriles is 1. The maximum absolute atomic E-state index is 14.2. The number of anilines is 1. The maximum Gasteiger partial charge on any atom is 0.418 e. The highest BCUT2D eigenvalue weighted by Gasteiger charge is 2.47. The Morgan fingerprint density at radius 2 is 1.70 bits per heavy atom. The number of carbonyl (C=O) groups excluding carboxylic acids is 1. The van der Waals surface area contributed by atoms with Gasteiger partial charge in [0.25, 0.3) is 0 Å². The molecule has 43 heavy (non-hydrogen) atoms. The second kappa shape index (κ2) is 11.6. The van der Waals surface area contributed by atoms with Crippen molar-refractivity contribution >= 4 is 23.2 Å². The van der Waals surface area contributed by atoms with Gasteiger partial charge in [-0.1, -0.05) is 74.0 Å². The highest BCUT2D eigenvalue weighted by molar-refractivity contribution is 7.97. The molecule has 4 nitrogen and oxygen atoms in total. The van der Waals surface area contributed by atoms with E-state index in [1.807, 2.05) is 52.0 Å². The first-order chi connectivity index (χ1) is 20.3. The van der Waals surface area contributed by atoms with Crippen LogP contribution in [0.3, 0.4) is 0 Å². The van der Waals surface area contributed by atoms with Gasteiger partial charge in [-0.05, 0) is 60.1 Å². The first-order valence-electron chi connectivity index (χ1n) is 14.2. The summed E-state index contributed by atoms with van der Waals surface area (Å²) in [7, 11) is 0. The van der Waals surface area contributed by atoms with Gasteiger partial charge in [0.1, 0.15) is 5.82 Å². The Kier molecular flexibility index (Phi) is 8.24. The number of ketones is 1. The third kappa shape index (κ3) is 5.96. The molecule has 0 saturated heterocycles. The number of nitrogens with zero attached hydrogens (tertiary/aromatic N) is 2. The van der Waals surface area contributed by atoms with Crippen LogP contribution in [0, 0.1) is 30.6 Å². The van der Waals surface area contributed by atoms with E-state index in [4.69, 9.17) is 5.73 Å². The number of aryl methyl sites for hydroxylation is 1. The van der Waals surface area contributed by atoms with E-state index in [2.05, 4.69) is 24.3 Å². The highest BCUT2D eigenvalue weighted by atomic mass is 32.2. The molecule has 0 aromatic heterocycles. The average Bonchev–Trinajstić information content (AvgIpc) is 2.93. The molecule has 1 atom stereocenters. The van der Waals surface area contributed by atoms with E-state index in [0.717, 1.165) is 39.8 Å². The molecule has 222 valence electrons. The zero-order valence-corrected chi connectivity index (χ0v) is 25.5. The minimum absolute atomic E-state index is 0.0747. The van der Waals surface area contributed by atoms with Crippen molar-refractivity contribution in [2.45, 2.75) is 64.1 Å². The predicted octanol–water partition coefficient (Wildman–Crippen LogP) is 8.70. The lowest BCUT2D eigenvalue weighted by Gasteiger charge is -2.44. The number of carbonyl (C=O) groups is 1. The number of benzene rings is 3. The van der Waals surface area contributed by atoms with Gasteiger partial charge in [-0.2, -0.15) is 30.2 Å². The standard InChI is InChI=1S/C35H34F3N3OS/c1-21-14-24(20-43-19-23-10-6-5-7-11-23)22(2)25(15-21)31-26(18-39)33(40)41(28-13-9-8-12-27(28)35(36,37)38)29-16-34(3,4)17-30(42)32(29)31/h5-15,31H,16-17,19-20,40H2,1-4H3. The summed E-state index contributed by atoms with van der Waals surface area (Å²) in [6.07, 6.45) is -4.10. The Balaban J connectivity index is 1.67. The number of Topliss-reactive ketones (excluding diaryl/α,β-unsaturated/α-hetero) is 1. The van der Waals surface area contributed by atoms with Gasteiger partial charge in [-0.25, -0.2) is 0 Å². The van der Waals surface area contributed by atoms with Crippen molar-refractivity contribution in [2.24, 2.45) is 11.1 Å². The first-order valence-corrected chi connectivity index (χ1v) is 15.3. The van der Waals surface area contributed by atoms with E-state index in [1.165, 1.54) is 28.7 Å². The molecule has 0 amide bonds. The van der Waals surface area contributed by atoms with Gasteiger partial charge >= 0.3 is 6.18 Å². The minimum atomic E-state index is -4.66. The van der Waals surface area contributed by atoms with Crippen LogP contribution in [0.5, 0.6) is 0 Å². The van der Waals surface area contributed by atoms with Gasteiger partial charge in [0.15, 0.2) is 5.78 Å². The maximum atomic E-state index is 14.2. The molecule has 1 aliphatic heterocycles. The average molecular weight is 602 g/mol. The fourth-order valence-electron chi connectivity index (χ4n) is 6.27. The van der Waals surface area contributed by atoms with Gasteiger partial charge in [-0.3, -0.25) is 9.69 Å². The molecule has 0 saturated carbocycles. The number of thioether (sulfide) groups is 1. The molecule has 2 N–H and O–H groups in total. The lowest BCUT2D eigenvalue weighted by Crippen LogP contribution is -2.42. The first kappa shape index (κ1) is 30.5. The van der Waals surface area contributed by atoms with Gasteiger partial charge < -0.3 is 5.73 Å². The van der Waals surface area contributed by atoms with Gasteiger partial charge in [0.05, 0.1) is 28.8 Å². The quantitative estimate of drug-likeness (QED) is 0.306. The van der Waals surface area contributed by atoms with Crippen LogP contribution in [0.15, 0.2) is 89.4 Å². The van der Waals surface area contributed by atoms with Crippen molar-refractivity contribution in [3.63, 3.8) is 0 Å². The molecule has 1 heterocycles. The summed E-state index contributed by atoms with van der Waals surface area (Å²) in [5, 5.41) is 10.5. The molecule has 3 aromatic rings. The van der Waals surface area contributed by atoms with Crippen LogP contribution < -0.4 is 10.6 Å². The van der Waals surface area contributed by atoms with Gasteiger partial charge in [0, 0.05) is 29.2 Å². The Bertz CT molecular complexity index is 1680. The smallest absolute Gasteiger partial charge is 0.384 e. The van der Waals surface area contributed by atoms with E-state index in [0.29, 0.717) is 17.7 Å². The van der Waals surface area contributed by atoms with Gasteiger partial charge in [-0.15, -0.1) is 0 Å². The molecule has 3 aromatic carbocycles. The Labute approximate surface area is 255 Å². The van der Waals surface area contributed by atoms with Crippen molar-refractivity contribution in [3.8, 4) is 6.07 Å². The summed E-state index contributed by atoms with van der Waals surface area (Å²) in [5.74, 6) is 0.540. The van der Waals surface area contributed by atoms with Crippen LogP contribution in [-0.2, 0) is 22.5 Å². The molecule has 2 aliphatic rings. The van der Waals surface area contributed by atoms with Crippen LogP contribution in [-0.4, -0.2) is 5.78 Å². The zero-order valence-electron chi connectivity index (χ0n) is 24.7. The van der Waals surface area contributed by atoms with Crippen molar-refractivity contribution in [1.29, 1.82) is 5.26 Å². The zero-order chi connectivity index (χ0) is 31.1. The summed E-state index contributed by atoms with van der Waals surface area (Å²) in [6, 6.07) is 21.7. The summed E-state index contributed by atoms with van der Waals surface area (Å²) < 4.78 is 42.7. The molecule has 1 aliphatic carbocycles. The summed E-state index contributed by atoms with van der Waals surface area (Å²) in [6.45, 7) is 7.82. The molecule has 0 radical (unpaired) electrons. The van der Waals surface area contributed by atoms with Crippen molar-refractivity contribution in [3.05, 3.63) is 123 Å². The van der Waals surface area contributed by atoms with Crippen molar-refractivity contribution < 1.29 is 18.0 Å². The number of hydrogen-bond acceptors (Lipinski definition) is 5. The molecular formula is C35H34F3N3OS. The SMILES string of the molecule is Cc1cc(CSCc2ccccc2)c(C)c(C2C(C#N)=C(N)N(c3ccccc3C(F)(F)F)C3=C2C(=O)CC(C)(C)C3)c1. The number of alkyl halides is 3. The van der Waals surface area contributed by atoms with E-state index in [1.54, 1.807) is 11.8 Å².